The van der Waals surface area contributed by atoms with Crippen molar-refractivity contribution in [3.8, 4) is 0 Å². The van der Waals surface area contributed by atoms with Crippen LogP contribution in [0.1, 0.15) is 51.9 Å². The Balaban J connectivity index is 0.000000496. The average Bonchev–Trinajstić information content (AvgIpc) is 2.58. The molecule has 0 aliphatic rings. The predicted molar refractivity (Wildman–Crippen MR) is 92.4 cm³/mol. The van der Waals surface area contributed by atoms with Gasteiger partial charge in [0.05, 0.1) is 4.90 Å². The van der Waals surface area contributed by atoms with E-state index in [9.17, 15) is 18.0 Å². The van der Waals surface area contributed by atoms with Crippen LogP contribution in [0.15, 0.2) is 35.2 Å². The van der Waals surface area contributed by atoms with E-state index in [1.165, 1.54) is 31.4 Å². The van der Waals surface area contributed by atoms with Gasteiger partial charge in [0.2, 0.25) is 0 Å². The van der Waals surface area contributed by atoms with E-state index in [0.29, 0.717) is 0 Å². The summed E-state index contributed by atoms with van der Waals surface area (Å²) in [5.74, 6) is -1.41. The van der Waals surface area contributed by atoms with Crippen LogP contribution in [-0.2, 0) is 24.4 Å². The fraction of sp³-hybridized carbons (Fsp3) is 0.529. The third-order valence-electron chi connectivity index (χ3n) is 3.13. The molecule has 0 fully saturated rings. The first kappa shape index (κ1) is 23.2. The maximum atomic E-state index is 10.9. The lowest BCUT2D eigenvalue weighted by Gasteiger charge is -2.01. The zero-order valence-corrected chi connectivity index (χ0v) is 15.2. The summed E-state index contributed by atoms with van der Waals surface area (Å²) in [7, 11) is -4.00. The predicted octanol–water partition coefficient (Wildman–Crippen LogP) is 2.73. The molecule has 1 aromatic rings. The van der Waals surface area contributed by atoms with Crippen LogP contribution in [0.2, 0.25) is 0 Å². The molecule has 0 aromatic heterocycles. The van der Waals surface area contributed by atoms with E-state index < -0.39 is 28.7 Å². The molecule has 0 saturated carbocycles. The molecule has 0 bridgehead atoms. The number of carbonyl (C=O) groups is 2. The van der Waals surface area contributed by atoms with E-state index in [-0.39, 0.29) is 11.3 Å². The standard InChI is InChI=1S/C11H20O4.C6H6O3S/c1-2-3-4-5-6-7-8-10(13)15-11(14)9-12;7-10(8,9)6-4-2-1-3-5-6/h12H,2-9H2,1H3;1-5H,(H,7,8,9). The molecular weight excluding hydrogens is 348 g/mol. The van der Waals surface area contributed by atoms with Crippen molar-refractivity contribution in [3.63, 3.8) is 0 Å². The first-order valence-electron chi connectivity index (χ1n) is 8.18. The topological polar surface area (TPSA) is 118 Å². The minimum Gasteiger partial charge on any atom is -0.391 e. The maximum Gasteiger partial charge on any atom is 0.339 e. The lowest BCUT2D eigenvalue weighted by Crippen LogP contribution is -2.14. The highest BCUT2D eigenvalue weighted by atomic mass is 32.2. The van der Waals surface area contributed by atoms with Crippen molar-refractivity contribution in [2.75, 3.05) is 6.61 Å². The quantitative estimate of drug-likeness (QED) is 0.295. The van der Waals surface area contributed by atoms with Crippen LogP contribution in [0.5, 0.6) is 0 Å². The fourth-order valence-electron chi connectivity index (χ4n) is 1.85. The van der Waals surface area contributed by atoms with E-state index in [0.717, 1.165) is 19.3 Å². The van der Waals surface area contributed by atoms with Gasteiger partial charge in [-0.3, -0.25) is 9.35 Å². The first-order chi connectivity index (χ1) is 11.8. The summed E-state index contributed by atoms with van der Waals surface area (Å²) in [6.45, 7) is 1.42. The monoisotopic (exact) mass is 374 g/mol. The van der Waals surface area contributed by atoms with Crippen molar-refractivity contribution >= 4 is 22.1 Å². The highest BCUT2D eigenvalue weighted by Crippen LogP contribution is 2.07. The van der Waals surface area contributed by atoms with Crippen molar-refractivity contribution in [1.82, 2.24) is 0 Å². The maximum absolute atomic E-state index is 10.9. The molecule has 0 unspecified atom stereocenters. The van der Waals surface area contributed by atoms with Gasteiger partial charge in [-0.05, 0) is 18.6 Å². The van der Waals surface area contributed by atoms with Crippen LogP contribution in [0.4, 0.5) is 0 Å². The SMILES string of the molecule is CCCCCCCCC(=O)OC(=O)CO.O=S(=O)(O)c1ccccc1. The van der Waals surface area contributed by atoms with Gasteiger partial charge < -0.3 is 9.84 Å². The Labute approximate surface area is 148 Å². The van der Waals surface area contributed by atoms with Crippen molar-refractivity contribution in [1.29, 1.82) is 0 Å². The van der Waals surface area contributed by atoms with E-state index >= 15 is 0 Å². The van der Waals surface area contributed by atoms with E-state index in [2.05, 4.69) is 11.7 Å². The molecule has 0 saturated heterocycles. The molecule has 1 aromatic carbocycles. The molecule has 0 aliphatic carbocycles. The zero-order chi connectivity index (χ0) is 19.1. The molecule has 2 N–H and O–H groups in total. The number of esters is 2. The molecule has 0 spiro atoms. The average molecular weight is 374 g/mol. The molecule has 1 rings (SSSR count). The number of hydrogen-bond acceptors (Lipinski definition) is 6. The third kappa shape index (κ3) is 13.2. The molecular formula is C17H26O7S. The van der Waals surface area contributed by atoms with Crippen molar-refractivity contribution < 1.29 is 32.4 Å². The Morgan fingerprint density at radius 3 is 2.00 bits per heavy atom. The Bertz CT molecular complexity index is 597. The minimum atomic E-state index is -4.00. The largest absolute Gasteiger partial charge is 0.391 e. The van der Waals surface area contributed by atoms with Crippen LogP contribution in [0, 0.1) is 0 Å². The van der Waals surface area contributed by atoms with Gasteiger partial charge >= 0.3 is 11.9 Å². The number of aliphatic hydroxyl groups excluding tert-OH is 1. The third-order valence-corrected chi connectivity index (χ3v) is 4.00. The lowest BCUT2D eigenvalue weighted by molar-refractivity contribution is -0.161. The van der Waals surface area contributed by atoms with Crippen LogP contribution in [-0.4, -0.2) is 36.6 Å². The molecule has 8 heteroatoms. The Hall–Kier alpha value is -1.77. The smallest absolute Gasteiger partial charge is 0.339 e. The van der Waals surface area contributed by atoms with E-state index in [1.54, 1.807) is 18.2 Å². The molecule has 142 valence electrons. The number of benzene rings is 1. The van der Waals surface area contributed by atoms with Crippen molar-refractivity contribution in [3.05, 3.63) is 30.3 Å². The Morgan fingerprint density at radius 1 is 0.960 bits per heavy atom. The molecule has 0 heterocycles. The van der Waals surface area contributed by atoms with Gasteiger partial charge in [0.25, 0.3) is 10.1 Å². The van der Waals surface area contributed by atoms with Crippen LogP contribution < -0.4 is 0 Å². The number of hydrogen-bond donors (Lipinski definition) is 2. The van der Waals surface area contributed by atoms with Gasteiger partial charge in [-0.1, -0.05) is 57.2 Å². The van der Waals surface area contributed by atoms with E-state index in [1.807, 2.05) is 0 Å². The summed E-state index contributed by atoms with van der Waals surface area (Å²) in [6.07, 6.45) is 6.75. The van der Waals surface area contributed by atoms with Crippen LogP contribution >= 0.6 is 0 Å². The number of carbonyl (C=O) groups excluding carboxylic acids is 2. The van der Waals surface area contributed by atoms with Gasteiger partial charge in [0.15, 0.2) is 0 Å². The van der Waals surface area contributed by atoms with Gasteiger partial charge in [-0.15, -0.1) is 0 Å². The van der Waals surface area contributed by atoms with Crippen molar-refractivity contribution in [2.24, 2.45) is 0 Å². The van der Waals surface area contributed by atoms with Crippen molar-refractivity contribution in [2.45, 2.75) is 56.8 Å². The summed E-state index contributed by atoms with van der Waals surface area (Å²) in [5, 5.41) is 8.33. The van der Waals surface area contributed by atoms with Gasteiger partial charge in [0, 0.05) is 6.42 Å². The molecule has 0 amide bonds. The first-order valence-corrected chi connectivity index (χ1v) is 9.62. The second-order valence-corrected chi connectivity index (χ2v) is 6.73. The van der Waals surface area contributed by atoms with E-state index in [4.69, 9.17) is 9.66 Å². The number of ether oxygens (including phenoxy) is 1. The summed E-state index contributed by atoms with van der Waals surface area (Å²) in [6, 6.07) is 7.42. The van der Waals surface area contributed by atoms with Gasteiger partial charge in [-0.2, -0.15) is 8.42 Å². The minimum absolute atomic E-state index is 0.0741. The molecule has 25 heavy (non-hydrogen) atoms. The highest BCUT2D eigenvalue weighted by Gasteiger charge is 2.08. The second-order valence-electron chi connectivity index (χ2n) is 5.31. The van der Waals surface area contributed by atoms with Crippen LogP contribution in [0.25, 0.3) is 0 Å². The number of rotatable bonds is 9. The molecule has 7 nitrogen and oxygen atoms in total. The summed E-state index contributed by atoms with van der Waals surface area (Å²) >= 11 is 0. The summed E-state index contributed by atoms with van der Waals surface area (Å²) in [5.41, 5.74) is 0. The number of unbranched alkanes of at least 4 members (excludes halogenated alkanes) is 5. The normalized spacial score (nSPS) is 10.5. The zero-order valence-electron chi connectivity index (χ0n) is 14.4. The fourth-order valence-corrected chi connectivity index (χ4v) is 2.35. The highest BCUT2D eigenvalue weighted by molar-refractivity contribution is 7.85. The molecule has 0 aliphatic heterocycles. The second kappa shape index (κ2) is 13.5. The summed E-state index contributed by atoms with van der Waals surface area (Å²) < 4.78 is 33.5. The van der Waals surface area contributed by atoms with Gasteiger partial charge in [0.1, 0.15) is 6.61 Å². The Morgan fingerprint density at radius 2 is 1.52 bits per heavy atom. The summed E-state index contributed by atoms with van der Waals surface area (Å²) in [4.78, 5) is 21.4. The lowest BCUT2D eigenvalue weighted by atomic mass is 10.1. The number of aliphatic hydroxyl groups is 1. The van der Waals surface area contributed by atoms with Gasteiger partial charge in [-0.25, -0.2) is 4.79 Å². The van der Waals surface area contributed by atoms with Crippen LogP contribution in [0.3, 0.4) is 0 Å². The Kier molecular flexibility index (Phi) is 12.6. The molecule has 0 radical (unpaired) electrons. The molecule has 0 atom stereocenters.